The number of hydrogen-bond acceptors (Lipinski definition) is 4. The van der Waals surface area contributed by atoms with Crippen molar-refractivity contribution < 1.29 is 0 Å². The van der Waals surface area contributed by atoms with E-state index in [0.717, 1.165) is 16.7 Å². The second kappa shape index (κ2) is 5.02. The smallest absolute Gasteiger partial charge is 0.191 e. The van der Waals surface area contributed by atoms with Crippen LogP contribution in [0.2, 0.25) is 0 Å². The van der Waals surface area contributed by atoms with Gasteiger partial charge >= 0.3 is 0 Å². The summed E-state index contributed by atoms with van der Waals surface area (Å²) in [5.41, 5.74) is 1.86. The lowest BCUT2D eigenvalue weighted by molar-refractivity contribution is 0.765. The lowest BCUT2D eigenvalue weighted by atomic mass is 10.2. The van der Waals surface area contributed by atoms with Crippen LogP contribution in [0.4, 0.5) is 0 Å². The van der Waals surface area contributed by atoms with Crippen LogP contribution in [-0.2, 0) is 12.8 Å². The van der Waals surface area contributed by atoms with E-state index in [9.17, 15) is 0 Å². The van der Waals surface area contributed by atoms with Crippen LogP contribution in [0.25, 0.3) is 0 Å². The van der Waals surface area contributed by atoms with Gasteiger partial charge in [-0.05, 0) is 24.6 Å². The van der Waals surface area contributed by atoms with E-state index in [4.69, 9.17) is 5.26 Å². The number of aryl methyl sites for hydroxylation is 1. The molecule has 0 amide bonds. The predicted octanol–water partition coefficient (Wildman–Crippen LogP) is 2.29. The van der Waals surface area contributed by atoms with Gasteiger partial charge in [-0.15, -0.1) is 10.2 Å². The molecule has 1 aromatic heterocycles. The molecule has 0 saturated carbocycles. The Morgan fingerprint density at radius 3 is 2.53 bits per heavy atom. The zero-order valence-electron chi connectivity index (χ0n) is 9.71. The maximum Gasteiger partial charge on any atom is 0.191 e. The zero-order valence-corrected chi connectivity index (χ0v) is 10.5. The normalized spacial score (nSPS) is 10.2. The van der Waals surface area contributed by atoms with E-state index in [1.54, 1.807) is 11.8 Å². The zero-order chi connectivity index (χ0) is 12.3. The van der Waals surface area contributed by atoms with Gasteiger partial charge < -0.3 is 4.57 Å². The van der Waals surface area contributed by atoms with Crippen LogP contribution in [0.1, 0.15) is 17.0 Å². The van der Waals surface area contributed by atoms with Crippen LogP contribution in [0.15, 0.2) is 29.4 Å². The standard InChI is InChI=1S/C12H12N4S/c1-9-14-15-12(16(9)2)17-8-11-5-3-10(7-13)4-6-11/h3-6H,8H2,1-2H3. The Bertz CT molecular complexity index is 551. The summed E-state index contributed by atoms with van der Waals surface area (Å²) in [6.45, 7) is 1.93. The molecule has 0 aliphatic carbocycles. The van der Waals surface area contributed by atoms with Crippen molar-refractivity contribution in [3.8, 4) is 6.07 Å². The minimum absolute atomic E-state index is 0.688. The van der Waals surface area contributed by atoms with Crippen LogP contribution < -0.4 is 0 Å². The molecule has 0 saturated heterocycles. The van der Waals surface area contributed by atoms with Gasteiger partial charge in [0.05, 0.1) is 11.6 Å². The number of nitrogens with zero attached hydrogens (tertiary/aromatic N) is 4. The van der Waals surface area contributed by atoms with Crippen LogP contribution in [0.5, 0.6) is 0 Å². The summed E-state index contributed by atoms with van der Waals surface area (Å²) in [4.78, 5) is 0. The maximum atomic E-state index is 8.70. The first-order valence-corrected chi connectivity index (χ1v) is 6.17. The van der Waals surface area contributed by atoms with E-state index >= 15 is 0 Å². The number of rotatable bonds is 3. The first-order chi connectivity index (χ1) is 8.20. The van der Waals surface area contributed by atoms with E-state index in [-0.39, 0.29) is 0 Å². The summed E-state index contributed by atoms with van der Waals surface area (Å²) >= 11 is 1.64. The minimum atomic E-state index is 0.688. The molecule has 5 heteroatoms. The Morgan fingerprint density at radius 2 is 2.00 bits per heavy atom. The van der Waals surface area contributed by atoms with Gasteiger partial charge in [0.1, 0.15) is 5.82 Å². The summed E-state index contributed by atoms with van der Waals surface area (Å²) in [6.07, 6.45) is 0. The van der Waals surface area contributed by atoms with Crippen molar-refractivity contribution in [2.45, 2.75) is 17.8 Å². The molecule has 0 aliphatic heterocycles. The Hall–Kier alpha value is -1.80. The third-order valence-electron chi connectivity index (χ3n) is 2.50. The fourth-order valence-electron chi connectivity index (χ4n) is 1.34. The highest BCUT2D eigenvalue weighted by Crippen LogP contribution is 2.20. The highest BCUT2D eigenvalue weighted by molar-refractivity contribution is 7.98. The lowest BCUT2D eigenvalue weighted by Crippen LogP contribution is -1.93. The van der Waals surface area contributed by atoms with Gasteiger partial charge in [-0.25, -0.2) is 0 Å². The van der Waals surface area contributed by atoms with Crippen molar-refractivity contribution in [1.82, 2.24) is 14.8 Å². The molecule has 4 nitrogen and oxygen atoms in total. The molecule has 86 valence electrons. The Morgan fingerprint density at radius 1 is 1.29 bits per heavy atom. The van der Waals surface area contributed by atoms with Crippen LogP contribution in [-0.4, -0.2) is 14.8 Å². The highest BCUT2D eigenvalue weighted by Gasteiger charge is 2.05. The van der Waals surface area contributed by atoms with Crippen molar-refractivity contribution in [2.24, 2.45) is 7.05 Å². The van der Waals surface area contributed by atoms with Crippen molar-refractivity contribution >= 4 is 11.8 Å². The SMILES string of the molecule is Cc1nnc(SCc2ccc(C#N)cc2)n1C. The van der Waals surface area contributed by atoms with Gasteiger partial charge in [-0.1, -0.05) is 23.9 Å². The molecule has 0 bridgehead atoms. The number of thioether (sulfide) groups is 1. The average molecular weight is 244 g/mol. The average Bonchev–Trinajstić information content (AvgIpc) is 2.68. The molecule has 0 aliphatic rings. The topological polar surface area (TPSA) is 54.5 Å². The fraction of sp³-hybridized carbons (Fsp3) is 0.250. The number of aromatic nitrogens is 3. The van der Waals surface area contributed by atoms with Crippen LogP contribution >= 0.6 is 11.8 Å². The van der Waals surface area contributed by atoms with Crippen molar-refractivity contribution in [2.75, 3.05) is 0 Å². The van der Waals surface area contributed by atoms with E-state index < -0.39 is 0 Å². The highest BCUT2D eigenvalue weighted by atomic mass is 32.2. The maximum absolute atomic E-state index is 8.70. The first kappa shape index (κ1) is 11.7. The van der Waals surface area contributed by atoms with Crippen LogP contribution in [0, 0.1) is 18.3 Å². The van der Waals surface area contributed by atoms with Crippen molar-refractivity contribution in [3.05, 3.63) is 41.2 Å². The van der Waals surface area contributed by atoms with Gasteiger partial charge in [0.25, 0.3) is 0 Å². The molecule has 0 fully saturated rings. The number of hydrogen-bond donors (Lipinski definition) is 0. The number of benzene rings is 1. The van der Waals surface area contributed by atoms with E-state index in [1.165, 1.54) is 5.56 Å². The number of nitriles is 1. The lowest BCUT2D eigenvalue weighted by Gasteiger charge is -2.01. The first-order valence-electron chi connectivity index (χ1n) is 5.18. The molecular weight excluding hydrogens is 232 g/mol. The van der Waals surface area contributed by atoms with E-state index in [0.29, 0.717) is 5.56 Å². The Kier molecular flexibility index (Phi) is 3.45. The molecule has 17 heavy (non-hydrogen) atoms. The summed E-state index contributed by atoms with van der Waals surface area (Å²) in [7, 11) is 1.95. The molecule has 1 aromatic carbocycles. The Labute approximate surface area is 104 Å². The third kappa shape index (κ3) is 2.66. The second-order valence-corrected chi connectivity index (χ2v) is 4.63. The van der Waals surface area contributed by atoms with E-state index in [2.05, 4.69) is 16.3 Å². The van der Waals surface area contributed by atoms with Gasteiger partial charge in [0.15, 0.2) is 5.16 Å². The molecule has 1 heterocycles. The molecule has 0 unspecified atom stereocenters. The molecule has 2 aromatic rings. The largest absolute Gasteiger partial charge is 0.309 e. The van der Waals surface area contributed by atoms with E-state index in [1.807, 2.05) is 42.8 Å². The molecule has 0 radical (unpaired) electrons. The van der Waals surface area contributed by atoms with Crippen molar-refractivity contribution in [1.29, 1.82) is 5.26 Å². The molecular formula is C12H12N4S. The molecule has 0 N–H and O–H groups in total. The summed E-state index contributed by atoms with van der Waals surface area (Å²) in [6, 6.07) is 9.70. The van der Waals surface area contributed by atoms with Gasteiger partial charge in [-0.3, -0.25) is 0 Å². The van der Waals surface area contributed by atoms with Crippen LogP contribution in [0.3, 0.4) is 0 Å². The molecule has 0 atom stereocenters. The van der Waals surface area contributed by atoms with Gasteiger partial charge in [0.2, 0.25) is 0 Å². The van der Waals surface area contributed by atoms with Gasteiger partial charge in [0, 0.05) is 12.8 Å². The Balaban J connectivity index is 2.03. The monoisotopic (exact) mass is 244 g/mol. The summed E-state index contributed by atoms with van der Waals surface area (Å²) in [5.74, 6) is 1.74. The van der Waals surface area contributed by atoms with Crippen molar-refractivity contribution in [3.63, 3.8) is 0 Å². The summed E-state index contributed by atoms with van der Waals surface area (Å²) < 4.78 is 1.97. The fourth-order valence-corrected chi connectivity index (χ4v) is 2.25. The molecule has 2 rings (SSSR count). The second-order valence-electron chi connectivity index (χ2n) is 3.69. The quantitative estimate of drug-likeness (QED) is 0.777. The third-order valence-corrected chi connectivity index (χ3v) is 3.59. The summed E-state index contributed by atoms with van der Waals surface area (Å²) in [5, 5.41) is 17.7. The molecule has 0 spiro atoms. The predicted molar refractivity (Wildman–Crippen MR) is 66.5 cm³/mol. The minimum Gasteiger partial charge on any atom is -0.309 e. The van der Waals surface area contributed by atoms with Gasteiger partial charge in [-0.2, -0.15) is 5.26 Å².